The lowest BCUT2D eigenvalue weighted by atomic mass is 9.81. The lowest BCUT2D eigenvalue weighted by Crippen LogP contribution is -2.30. The molecule has 1 aliphatic heterocycles. The normalized spacial score (nSPS) is 14.2. The van der Waals surface area contributed by atoms with Gasteiger partial charge < -0.3 is 4.74 Å². The van der Waals surface area contributed by atoms with Crippen molar-refractivity contribution < 1.29 is 22.3 Å². The summed E-state index contributed by atoms with van der Waals surface area (Å²) in [7, 11) is -2.27. The molecular weight excluding hydrogens is 668 g/mol. The molecule has 0 N–H and O–H groups in total. The number of rotatable bonds is 12. The summed E-state index contributed by atoms with van der Waals surface area (Å²) in [5.74, 6) is -0.222. The number of methoxy groups -OCH3 is 1. The van der Waals surface area contributed by atoms with Crippen LogP contribution in [0.3, 0.4) is 0 Å². The minimum atomic E-state index is -3.84. The monoisotopic (exact) mass is 703 g/mol. The van der Waals surface area contributed by atoms with E-state index in [1.165, 1.54) is 30.0 Å². The summed E-state index contributed by atoms with van der Waals surface area (Å²) < 4.78 is 47.7. The Morgan fingerprint density at radius 2 is 1.78 bits per heavy atom. The summed E-state index contributed by atoms with van der Waals surface area (Å²) in [5.41, 5.74) is 3.18. The number of hydrogen-bond acceptors (Lipinski definition) is 7. The number of aromatic nitrogens is 2. The highest BCUT2D eigenvalue weighted by atomic mass is 35.5. The second kappa shape index (κ2) is 14.1. The van der Waals surface area contributed by atoms with E-state index < -0.39 is 21.0 Å². The molecule has 7 nitrogen and oxygen atoms in total. The largest absolute Gasteiger partial charge is 0.495 e. The van der Waals surface area contributed by atoms with Crippen LogP contribution in [-0.2, 0) is 25.8 Å². The summed E-state index contributed by atoms with van der Waals surface area (Å²) in [5, 5.41) is 1.42. The van der Waals surface area contributed by atoms with Crippen molar-refractivity contribution in [3.63, 3.8) is 0 Å². The van der Waals surface area contributed by atoms with Crippen LogP contribution in [0.5, 0.6) is 5.75 Å². The van der Waals surface area contributed by atoms with Crippen LogP contribution in [0.2, 0.25) is 10.0 Å². The standard InChI is InChI=1S/C34H36Cl2FN3O4S2/c1-22-15-25(9-11-30(22)37)40-32(34(2,3)24-8-12-31(44-4)29(36)16-24)18-38-33(40)45-20-23-7-10-27(17-28(23)35)46(42,43)21-26(41)19-39-13-5-6-14-39/h7-12,15-18H,5-6,13-14,19-21H2,1-4H3. The summed E-state index contributed by atoms with van der Waals surface area (Å²) >= 11 is 14.5. The molecule has 4 aromatic rings. The molecular formula is C34H36Cl2FN3O4S2. The SMILES string of the molecule is COc1ccc(C(C)(C)c2cnc(SCc3ccc(S(=O)(=O)CC(=O)CN4CCCC4)cc3Cl)n2-c2ccc(F)c(C)c2)cc1Cl. The van der Waals surface area contributed by atoms with E-state index in [4.69, 9.17) is 32.9 Å². The number of aryl methyl sites for hydroxylation is 1. The molecule has 1 aliphatic rings. The first-order chi connectivity index (χ1) is 21.8. The fraction of sp³-hybridized carbons (Fsp3) is 0.353. The van der Waals surface area contributed by atoms with Gasteiger partial charge in [-0.15, -0.1) is 0 Å². The van der Waals surface area contributed by atoms with Crippen LogP contribution in [0.25, 0.3) is 5.69 Å². The van der Waals surface area contributed by atoms with Crippen molar-refractivity contribution in [1.82, 2.24) is 14.5 Å². The van der Waals surface area contributed by atoms with Gasteiger partial charge in [-0.3, -0.25) is 14.3 Å². The predicted molar refractivity (Wildman–Crippen MR) is 182 cm³/mol. The van der Waals surface area contributed by atoms with Gasteiger partial charge in [-0.25, -0.2) is 17.8 Å². The number of thioether (sulfide) groups is 1. The topological polar surface area (TPSA) is 81.5 Å². The number of halogens is 3. The Balaban J connectivity index is 1.41. The average molecular weight is 705 g/mol. The zero-order valence-corrected chi connectivity index (χ0v) is 29.3. The van der Waals surface area contributed by atoms with Gasteiger partial charge in [0.15, 0.2) is 20.8 Å². The minimum absolute atomic E-state index is 0.0199. The van der Waals surface area contributed by atoms with E-state index in [9.17, 15) is 17.6 Å². The van der Waals surface area contributed by atoms with E-state index in [0.717, 1.165) is 42.9 Å². The first kappa shape index (κ1) is 34.4. The third-order valence-corrected chi connectivity index (χ3v) is 11.7. The third-order valence-electron chi connectivity index (χ3n) is 8.33. The number of Topliss-reactive ketones (excluding diaryl/α,β-unsaturated/α-hetero) is 1. The van der Waals surface area contributed by atoms with E-state index in [0.29, 0.717) is 32.8 Å². The first-order valence-electron chi connectivity index (χ1n) is 14.9. The highest BCUT2D eigenvalue weighted by molar-refractivity contribution is 7.98. The number of likely N-dealkylation sites (tertiary alicyclic amines) is 1. The van der Waals surface area contributed by atoms with E-state index >= 15 is 0 Å². The first-order valence-corrected chi connectivity index (χ1v) is 18.3. The molecule has 1 aromatic heterocycles. The second-order valence-electron chi connectivity index (χ2n) is 12.0. The molecule has 0 aliphatic carbocycles. The Morgan fingerprint density at radius 1 is 1.04 bits per heavy atom. The number of carbonyl (C=O) groups is 1. The second-order valence-corrected chi connectivity index (χ2v) is 15.7. The molecule has 0 unspecified atom stereocenters. The van der Waals surface area contributed by atoms with Crippen LogP contribution in [0.4, 0.5) is 4.39 Å². The number of hydrogen-bond donors (Lipinski definition) is 0. The molecule has 0 bridgehead atoms. The van der Waals surface area contributed by atoms with E-state index in [2.05, 4.69) is 13.8 Å². The van der Waals surface area contributed by atoms with Gasteiger partial charge in [-0.05, 0) is 92.0 Å². The molecule has 1 fully saturated rings. The molecule has 0 spiro atoms. The molecule has 0 radical (unpaired) electrons. The summed E-state index contributed by atoms with van der Waals surface area (Å²) in [6, 6.07) is 15.2. The number of ether oxygens (including phenoxy) is 1. The Hall–Kier alpha value is -2.89. The molecule has 244 valence electrons. The molecule has 46 heavy (non-hydrogen) atoms. The quantitative estimate of drug-likeness (QED) is 0.140. The summed E-state index contributed by atoms with van der Waals surface area (Å²) in [4.78, 5) is 19.3. The molecule has 0 atom stereocenters. The van der Waals surface area contributed by atoms with Gasteiger partial charge in [0.1, 0.15) is 17.3 Å². The van der Waals surface area contributed by atoms with Gasteiger partial charge in [0, 0.05) is 21.9 Å². The predicted octanol–water partition coefficient (Wildman–Crippen LogP) is 7.69. The molecule has 0 amide bonds. The molecule has 12 heteroatoms. The van der Waals surface area contributed by atoms with Crippen molar-refractivity contribution in [2.24, 2.45) is 0 Å². The minimum Gasteiger partial charge on any atom is -0.495 e. The summed E-state index contributed by atoms with van der Waals surface area (Å²) in [6.07, 6.45) is 3.85. The van der Waals surface area contributed by atoms with Crippen molar-refractivity contribution in [2.75, 3.05) is 32.5 Å². The van der Waals surface area contributed by atoms with Crippen molar-refractivity contribution in [3.05, 3.63) is 99.0 Å². The Labute approximate surface area is 284 Å². The van der Waals surface area contributed by atoms with Gasteiger partial charge >= 0.3 is 0 Å². The molecule has 1 saturated heterocycles. The number of carbonyl (C=O) groups excluding carboxylic acids is 1. The smallest absolute Gasteiger partial charge is 0.185 e. The van der Waals surface area contributed by atoms with Crippen LogP contribution in [0.15, 0.2) is 70.8 Å². The number of sulfone groups is 1. The van der Waals surface area contributed by atoms with E-state index in [-0.39, 0.29) is 28.1 Å². The maximum Gasteiger partial charge on any atom is 0.185 e. The van der Waals surface area contributed by atoms with Gasteiger partial charge in [0.05, 0.1) is 35.5 Å². The highest BCUT2D eigenvalue weighted by Gasteiger charge is 2.31. The van der Waals surface area contributed by atoms with E-state index in [1.54, 1.807) is 38.4 Å². The van der Waals surface area contributed by atoms with Crippen LogP contribution in [-0.4, -0.2) is 61.1 Å². The van der Waals surface area contributed by atoms with Gasteiger partial charge in [0.25, 0.3) is 0 Å². The Bertz CT molecular complexity index is 1870. The van der Waals surface area contributed by atoms with E-state index in [1.807, 2.05) is 27.7 Å². The van der Waals surface area contributed by atoms with Crippen molar-refractivity contribution in [3.8, 4) is 11.4 Å². The zero-order chi connectivity index (χ0) is 33.2. The molecule has 2 heterocycles. The Morgan fingerprint density at radius 3 is 2.43 bits per heavy atom. The van der Waals surface area contributed by atoms with Crippen LogP contribution in [0, 0.1) is 12.7 Å². The van der Waals surface area contributed by atoms with Gasteiger partial charge in [-0.2, -0.15) is 0 Å². The number of nitrogens with zero attached hydrogens (tertiary/aromatic N) is 3. The summed E-state index contributed by atoms with van der Waals surface area (Å²) in [6.45, 7) is 7.62. The third kappa shape index (κ3) is 7.47. The Kier molecular flexibility index (Phi) is 10.5. The highest BCUT2D eigenvalue weighted by Crippen LogP contribution is 2.39. The van der Waals surface area contributed by atoms with Crippen LogP contribution in [0.1, 0.15) is 49.1 Å². The number of ketones is 1. The number of imidazole rings is 1. The lowest BCUT2D eigenvalue weighted by molar-refractivity contribution is -0.117. The maximum atomic E-state index is 14.3. The van der Waals surface area contributed by atoms with Crippen LogP contribution < -0.4 is 4.74 Å². The molecule has 0 saturated carbocycles. The average Bonchev–Trinajstić information content (AvgIpc) is 3.68. The van der Waals surface area contributed by atoms with Crippen molar-refractivity contribution >= 4 is 50.6 Å². The van der Waals surface area contributed by atoms with Gasteiger partial charge in [-0.1, -0.05) is 60.9 Å². The van der Waals surface area contributed by atoms with Crippen LogP contribution >= 0.6 is 35.0 Å². The molecule has 3 aromatic carbocycles. The fourth-order valence-corrected chi connectivity index (χ4v) is 8.51. The van der Waals surface area contributed by atoms with Gasteiger partial charge in [0.2, 0.25) is 0 Å². The zero-order valence-electron chi connectivity index (χ0n) is 26.1. The van der Waals surface area contributed by atoms with Crippen molar-refractivity contribution in [1.29, 1.82) is 0 Å². The lowest BCUT2D eigenvalue weighted by Gasteiger charge is -2.28. The maximum absolute atomic E-state index is 14.3. The molecule has 5 rings (SSSR count). The number of benzene rings is 3. The fourth-order valence-electron chi connectivity index (χ4n) is 5.61. The van der Waals surface area contributed by atoms with Crippen molar-refractivity contribution in [2.45, 2.75) is 54.8 Å².